The number of hydrogen-bond donors (Lipinski definition) is 6. The van der Waals surface area contributed by atoms with Crippen LogP contribution in [0.15, 0.2) is 12.2 Å². The minimum absolute atomic E-state index is 0.116. The molecule has 14 atom stereocenters. The average Bonchev–Trinajstić information content (AvgIpc) is 3.50. The molecule has 0 aromatic heterocycles. The van der Waals surface area contributed by atoms with Crippen LogP contribution in [-0.2, 0) is 52.7 Å². The maximum atomic E-state index is 15.2. The molecule has 87 heavy (non-hydrogen) atoms. The van der Waals surface area contributed by atoms with E-state index in [0.717, 1.165) is 14.7 Å². The van der Waals surface area contributed by atoms with Crippen molar-refractivity contribution in [3.8, 4) is 0 Å². The van der Waals surface area contributed by atoms with Crippen molar-refractivity contribution in [2.24, 2.45) is 41.4 Å². The molecule has 498 valence electrons. The Labute approximate surface area is 520 Å². The maximum Gasteiger partial charge on any atom is 0.248 e. The summed E-state index contributed by atoms with van der Waals surface area (Å²) < 4.78 is 0. The monoisotopic (exact) mass is 1230 g/mol. The highest BCUT2D eigenvalue weighted by Gasteiger charge is 2.46. The molecule has 1 aliphatic heterocycles. The number of nitrogens with one attached hydrogen (secondary N) is 4. The normalized spacial score (nSPS) is 27.3. The molecule has 24 heteroatoms. The molecule has 1 heterocycles. The first-order chi connectivity index (χ1) is 40.1. The second-order valence-corrected chi connectivity index (χ2v) is 26.5. The second-order valence-electron chi connectivity index (χ2n) is 26.5. The zero-order valence-corrected chi connectivity index (χ0v) is 57.1. The largest absolute Gasteiger partial charge is 0.391 e. The van der Waals surface area contributed by atoms with Gasteiger partial charge in [-0.1, -0.05) is 109 Å². The van der Waals surface area contributed by atoms with Gasteiger partial charge >= 0.3 is 0 Å². The van der Waals surface area contributed by atoms with Crippen molar-refractivity contribution in [1.82, 2.24) is 55.6 Å². The number of rotatable bonds is 16. The molecule has 1 saturated heterocycles. The predicted molar refractivity (Wildman–Crippen MR) is 334 cm³/mol. The van der Waals surface area contributed by atoms with Crippen molar-refractivity contribution in [3.63, 3.8) is 0 Å². The summed E-state index contributed by atoms with van der Waals surface area (Å²) >= 11 is 0. The molecule has 1 aliphatic rings. The van der Waals surface area contributed by atoms with E-state index in [-0.39, 0.29) is 55.8 Å². The summed E-state index contributed by atoms with van der Waals surface area (Å²) in [6.45, 7) is 28.7. The molecule has 0 aliphatic carbocycles. The summed E-state index contributed by atoms with van der Waals surface area (Å²) in [7, 11) is 9.66. The Balaban J connectivity index is 4.39. The Morgan fingerprint density at radius 1 is 0.460 bits per heavy atom. The van der Waals surface area contributed by atoms with Crippen molar-refractivity contribution < 1.29 is 63.0 Å². The number of likely N-dealkylation sites (N-methyl/N-ethyl adjacent to an activating group) is 7. The van der Waals surface area contributed by atoms with E-state index in [1.54, 1.807) is 46.8 Å². The topological polar surface area (TPSA) is 299 Å². The van der Waals surface area contributed by atoms with E-state index in [9.17, 15) is 53.4 Å². The maximum absolute atomic E-state index is 15.2. The summed E-state index contributed by atoms with van der Waals surface area (Å²) in [4.78, 5) is 169. The van der Waals surface area contributed by atoms with E-state index < -0.39 is 162 Å². The molecular weight excluding hydrogens is 1120 g/mol. The number of carbonyl (C=O) groups excluding carboxylic acids is 11. The van der Waals surface area contributed by atoms with Crippen molar-refractivity contribution in [2.45, 2.75) is 229 Å². The van der Waals surface area contributed by atoms with Crippen LogP contribution in [0.2, 0.25) is 0 Å². The number of aliphatic hydroxyl groups is 2. The van der Waals surface area contributed by atoms with Crippen LogP contribution in [0.4, 0.5) is 0 Å². The third kappa shape index (κ3) is 22.1. The van der Waals surface area contributed by atoms with E-state index in [4.69, 9.17) is 0 Å². The second kappa shape index (κ2) is 35.7. The lowest BCUT2D eigenvalue weighted by Gasteiger charge is -2.41. The highest BCUT2D eigenvalue weighted by molar-refractivity contribution is 5.99. The minimum atomic E-state index is -1.74. The molecule has 1 fully saturated rings. The van der Waals surface area contributed by atoms with Crippen molar-refractivity contribution in [2.75, 3.05) is 55.9 Å². The number of carbonyl (C=O) groups is 11. The summed E-state index contributed by atoms with van der Waals surface area (Å²) in [6.07, 6.45) is 1.52. The fraction of sp³-hybridized carbons (Fsp3) is 0.794. The Bertz CT molecular complexity index is 2380. The Morgan fingerprint density at radius 2 is 0.862 bits per heavy atom. The number of amides is 11. The Kier molecular flexibility index (Phi) is 32.4. The van der Waals surface area contributed by atoms with Crippen LogP contribution in [0.1, 0.15) is 156 Å². The fourth-order valence-electron chi connectivity index (χ4n) is 10.9. The standard InChI is InChI=1S/C63H113N11O13/c1-25-27-28-40(14)53(77)52-57(81)67-50(43(17)75)61(85)68(18)33-48(76)69(19)44(29-34(3)4)56(80)66-49(39(13)26-2)62(86)70(20)45(30-35(5)6)55(79)64-41(15)54(78)65-42(16)58(82)71(21)46(31-36(7)8)59(83)72(22)47(32-37(9)10)60(84)73(23)51(38(11)12)63(87)74(52)24/h25,27,34-47,49-53,75,77H,26,28-33H2,1-24H3,(H,64,79)(H,65,78)(H,66,80)(H,67,81)/b27-25+/t39-,40+,41-,42+,43+,44-,45-,46-,47-,49-,50-,51-,52-,53+/m0/s1. The van der Waals surface area contributed by atoms with Crippen LogP contribution in [0.5, 0.6) is 0 Å². The van der Waals surface area contributed by atoms with Gasteiger partial charge in [-0.2, -0.15) is 0 Å². The third-order valence-electron chi connectivity index (χ3n) is 16.6. The lowest BCUT2D eigenvalue weighted by atomic mass is 9.91. The van der Waals surface area contributed by atoms with Gasteiger partial charge in [0, 0.05) is 49.3 Å². The molecule has 0 bridgehead atoms. The number of nitrogens with zero attached hydrogens (tertiary/aromatic N) is 7. The molecule has 6 N–H and O–H groups in total. The van der Waals surface area contributed by atoms with Gasteiger partial charge in [-0.3, -0.25) is 52.7 Å². The zero-order valence-electron chi connectivity index (χ0n) is 57.1. The summed E-state index contributed by atoms with van der Waals surface area (Å²) in [5.41, 5.74) is 0. The van der Waals surface area contributed by atoms with Gasteiger partial charge in [-0.15, -0.1) is 0 Å². The summed E-state index contributed by atoms with van der Waals surface area (Å²) in [5.74, 6) is -10.6. The molecule has 0 spiro atoms. The SMILES string of the molecule is C/C=C/C[C@@H](C)[C@@H](O)[C@H]1C(=O)N[C@@H]([C@@H](C)O)C(=O)N(C)CC(=O)N(C)[C@@H](CC(C)C)C(=O)N[C@@H]([C@@H](C)CC)C(=O)N(C)[C@@H](CC(C)C)C(=O)N[C@@H](C)C(=O)N[C@H](C)C(=O)N(C)[C@@H](CC(C)C)C(=O)N(C)[C@@H](CC(C)C)C(=O)N(C)[C@@H](C(C)C)C(=O)N1C. The van der Waals surface area contributed by atoms with Crippen LogP contribution in [0, 0.1) is 41.4 Å². The van der Waals surface area contributed by atoms with Crippen LogP contribution in [0.3, 0.4) is 0 Å². The molecule has 0 saturated carbocycles. The highest BCUT2D eigenvalue weighted by Crippen LogP contribution is 2.26. The number of hydrogen-bond acceptors (Lipinski definition) is 13. The molecule has 0 unspecified atom stereocenters. The fourth-order valence-corrected chi connectivity index (χ4v) is 10.9. The van der Waals surface area contributed by atoms with Gasteiger partial charge in [0.15, 0.2) is 0 Å². The van der Waals surface area contributed by atoms with E-state index in [1.807, 2.05) is 62.3 Å². The van der Waals surface area contributed by atoms with Crippen LogP contribution < -0.4 is 21.3 Å². The molecule has 0 aromatic rings. The van der Waals surface area contributed by atoms with Crippen molar-refractivity contribution in [3.05, 3.63) is 12.2 Å². The van der Waals surface area contributed by atoms with Crippen LogP contribution in [-0.4, -0.2) is 238 Å². The van der Waals surface area contributed by atoms with E-state index >= 15 is 9.59 Å². The smallest absolute Gasteiger partial charge is 0.248 e. The third-order valence-corrected chi connectivity index (χ3v) is 16.6. The lowest BCUT2D eigenvalue weighted by Crippen LogP contribution is -2.64. The van der Waals surface area contributed by atoms with Crippen molar-refractivity contribution >= 4 is 65.0 Å². The van der Waals surface area contributed by atoms with E-state index in [0.29, 0.717) is 6.42 Å². The molecule has 11 amide bonds. The van der Waals surface area contributed by atoms with Gasteiger partial charge in [-0.05, 0) is 101 Å². The predicted octanol–water partition coefficient (Wildman–Crippen LogP) is 2.63. The van der Waals surface area contributed by atoms with Gasteiger partial charge < -0.3 is 65.8 Å². The zero-order chi connectivity index (χ0) is 67.6. The molecule has 24 nitrogen and oxygen atoms in total. The summed E-state index contributed by atoms with van der Waals surface area (Å²) in [5, 5.41) is 34.1. The van der Waals surface area contributed by atoms with Gasteiger partial charge in [0.2, 0.25) is 65.0 Å². The first kappa shape index (κ1) is 78.8. The van der Waals surface area contributed by atoms with Crippen LogP contribution in [0.25, 0.3) is 0 Å². The van der Waals surface area contributed by atoms with Gasteiger partial charge in [-0.25, -0.2) is 0 Å². The molecule has 1 rings (SSSR count). The summed E-state index contributed by atoms with van der Waals surface area (Å²) in [6, 6.07) is -13.2. The Morgan fingerprint density at radius 3 is 1.31 bits per heavy atom. The minimum Gasteiger partial charge on any atom is -0.391 e. The quantitative estimate of drug-likeness (QED) is 0.121. The lowest BCUT2D eigenvalue weighted by molar-refractivity contribution is -0.157. The molecule has 0 aromatic carbocycles. The van der Waals surface area contributed by atoms with E-state index in [2.05, 4.69) is 21.3 Å². The number of aliphatic hydroxyl groups excluding tert-OH is 2. The molecule has 0 radical (unpaired) electrons. The van der Waals surface area contributed by atoms with Gasteiger partial charge in [0.05, 0.1) is 18.8 Å². The van der Waals surface area contributed by atoms with E-state index in [1.165, 1.54) is 89.7 Å². The first-order valence-electron chi connectivity index (χ1n) is 31.2. The van der Waals surface area contributed by atoms with Gasteiger partial charge in [0.1, 0.15) is 60.4 Å². The number of allylic oxidation sites excluding steroid dienone is 2. The first-order valence-corrected chi connectivity index (χ1v) is 31.2. The highest BCUT2D eigenvalue weighted by atomic mass is 16.3. The molecular formula is C63H113N11O13. The average molecular weight is 1230 g/mol. The van der Waals surface area contributed by atoms with Gasteiger partial charge in [0.25, 0.3) is 0 Å². The van der Waals surface area contributed by atoms with Crippen LogP contribution >= 0.6 is 0 Å². The van der Waals surface area contributed by atoms with Crippen molar-refractivity contribution in [1.29, 1.82) is 0 Å². The Hall–Kier alpha value is -6.17.